The number of hydrogen-bond donors (Lipinski definition) is 1. The van der Waals surface area contributed by atoms with Crippen molar-refractivity contribution >= 4 is 11.6 Å². The van der Waals surface area contributed by atoms with Crippen molar-refractivity contribution in [3.63, 3.8) is 0 Å². The number of benzene rings is 2. The lowest BCUT2D eigenvalue weighted by molar-refractivity contribution is 0.423. The van der Waals surface area contributed by atoms with Gasteiger partial charge in [-0.05, 0) is 35.9 Å². The molecule has 0 bridgehead atoms. The molecule has 5 heteroatoms. The highest BCUT2D eigenvalue weighted by Crippen LogP contribution is 2.22. The highest BCUT2D eigenvalue weighted by Gasteiger charge is 2.09. The monoisotopic (exact) mass is 286 g/mol. The minimum Gasteiger partial charge on any atom is -0.508 e. The number of aromatic hydroxyl groups is 1. The normalized spacial score (nSPS) is 10.7. The number of phenolic OH excluding ortho intramolecular Hbond substituents is 1. The van der Waals surface area contributed by atoms with Gasteiger partial charge in [-0.25, -0.2) is 0 Å². The summed E-state index contributed by atoms with van der Waals surface area (Å²) in [5.41, 5.74) is 1.75. The second-order valence-electron chi connectivity index (χ2n) is 4.37. The van der Waals surface area contributed by atoms with E-state index in [1.807, 2.05) is 24.3 Å². The Bertz CT molecular complexity index is 723. The molecule has 3 aromatic rings. The fourth-order valence-corrected chi connectivity index (χ4v) is 1.99. The molecule has 0 amide bonds. The third-order valence-corrected chi connectivity index (χ3v) is 3.09. The van der Waals surface area contributed by atoms with E-state index >= 15 is 0 Å². The van der Waals surface area contributed by atoms with Gasteiger partial charge in [0.2, 0.25) is 0 Å². The summed E-state index contributed by atoms with van der Waals surface area (Å²) in [6.07, 6.45) is 0.569. The molecule has 100 valence electrons. The number of nitrogens with zero attached hydrogens (tertiary/aromatic N) is 2. The Morgan fingerprint density at radius 2 is 1.90 bits per heavy atom. The van der Waals surface area contributed by atoms with Crippen molar-refractivity contribution in [1.82, 2.24) is 10.1 Å². The maximum Gasteiger partial charge on any atom is 0.258 e. The Morgan fingerprint density at radius 1 is 1.10 bits per heavy atom. The van der Waals surface area contributed by atoms with Crippen molar-refractivity contribution in [1.29, 1.82) is 0 Å². The van der Waals surface area contributed by atoms with Gasteiger partial charge in [0.25, 0.3) is 5.89 Å². The summed E-state index contributed by atoms with van der Waals surface area (Å²) in [5.74, 6) is 1.15. The van der Waals surface area contributed by atoms with E-state index in [2.05, 4.69) is 10.1 Å². The summed E-state index contributed by atoms with van der Waals surface area (Å²) in [4.78, 5) is 4.32. The van der Waals surface area contributed by atoms with Gasteiger partial charge < -0.3 is 9.63 Å². The zero-order chi connectivity index (χ0) is 13.9. The fraction of sp³-hybridized carbons (Fsp3) is 0.0667. The molecule has 1 aromatic heterocycles. The SMILES string of the molecule is Oc1cccc(-c2nc(Cc3ccc(Cl)cc3)no2)c1. The maximum atomic E-state index is 9.44. The minimum atomic E-state index is 0.167. The molecule has 4 nitrogen and oxygen atoms in total. The molecular formula is C15H11ClN2O2. The summed E-state index contributed by atoms with van der Waals surface area (Å²) < 4.78 is 5.20. The van der Waals surface area contributed by atoms with Gasteiger partial charge in [-0.3, -0.25) is 0 Å². The molecule has 0 atom stereocenters. The molecular weight excluding hydrogens is 276 g/mol. The third kappa shape index (κ3) is 2.81. The lowest BCUT2D eigenvalue weighted by Gasteiger charge is -1.96. The highest BCUT2D eigenvalue weighted by molar-refractivity contribution is 6.30. The molecule has 0 saturated carbocycles. The van der Waals surface area contributed by atoms with Crippen LogP contribution in [0.4, 0.5) is 0 Å². The van der Waals surface area contributed by atoms with Gasteiger partial charge in [-0.15, -0.1) is 0 Å². The zero-order valence-electron chi connectivity index (χ0n) is 10.5. The first-order valence-electron chi connectivity index (χ1n) is 6.07. The molecule has 1 heterocycles. The predicted octanol–water partition coefficient (Wildman–Crippen LogP) is 3.69. The predicted molar refractivity (Wildman–Crippen MR) is 75.7 cm³/mol. The van der Waals surface area contributed by atoms with Gasteiger partial charge in [0.15, 0.2) is 5.82 Å². The smallest absolute Gasteiger partial charge is 0.258 e. The van der Waals surface area contributed by atoms with Gasteiger partial charge in [0.05, 0.1) is 0 Å². The highest BCUT2D eigenvalue weighted by atomic mass is 35.5. The van der Waals surface area contributed by atoms with E-state index in [0.29, 0.717) is 28.7 Å². The summed E-state index contributed by atoms with van der Waals surface area (Å²) >= 11 is 5.84. The molecule has 0 aliphatic carbocycles. The van der Waals surface area contributed by atoms with E-state index in [0.717, 1.165) is 5.56 Å². The van der Waals surface area contributed by atoms with Crippen LogP contribution in [-0.4, -0.2) is 15.2 Å². The number of hydrogen-bond acceptors (Lipinski definition) is 4. The average Bonchev–Trinajstić information content (AvgIpc) is 2.90. The molecule has 0 unspecified atom stereocenters. The largest absolute Gasteiger partial charge is 0.508 e. The van der Waals surface area contributed by atoms with Gasteiger partial charge in [0.1, 0.15) is 5.75 Å². The molecule has 3 rings (SSSR count). The number of phenols is 1. The second-order valence-corrected chi connectivity index (χ2v) is 4.81. The summed E-state index contributed by atoms with van der Waals surface area (Å²) in [6.45, 7) is 0. The standard InChI is InChI=1S/C15H11ClN2O2/c16-12-6-4-10(5-7-12)8-14-17-15(20-18-14)11-2-1-3-13(19)9-11/h1-7,9,19H,8H2. The van der Waals surface area contributed by atoms with Gasteiger partial charge in [0, 0.05) is 17.0 Å². The Kier molecular flexibility index (Phi) is 3.39. The van der Waals surface area contributed by atoms with E-state index in [9.17, 15) is 5.11 Å². The number of halogens is 1. The molecule has 20 heavy (non-hydrogen) atoms. The fourth-order valence-electron chi connectivity index (χ4n) is 1.87. The first kappa shape index (κ1) is 12.7. The first-order valence-corrected chi connectivity index (χ1v) is 6.45. The number of aromatic nitrogens is 2. The first-order chi connectivity index (χ1) is 9.70. The molecule has 0 spiro atoms. The van der Waals surface area contributed by atoms with Crippen LogP contribution in [0.1, 0.15) is 11.4 Å². The van der Waals surface area contributed by atoms with Crippen molar-refractivity contribution in [2.75, 3.05) is 0 Å². The average molecular weight is 287 g/mol. The van der Waals surface area contributed by atoms with E-state index in [-0.39, 0.29) is 5.75 Å². The van der Waals surface area contributed by atoms with Crippen LogP contribution in [0.2, 0.25) is 5.02 Å². The van der Waals surface area contributed by atoms with Gasteiger partial charge in [-0.2, -0.15) is 4.98 Å². The van der Waals surface area contributed by atoms with Crippen LogP contribution >= 0.6 is 11.6 Å². The van der Waals surface area contributed by atoms with Crippen LogP contribution in [0.5, 0.6) is 5.75 Å². The van der Waals surface area contributed by atoms with Crippen molar-refractivity contribution in [2.45, 2.75) is 6.42 Å². The molecule has 2 aromatic carbocycles. The molecule has 0 radical (unpaired) electrons. The third-order valence-electron chi connectivity index (χ3n) is 2.84. The van der Waals surface area contributed by atoms with Gasteiger partial charge in [-0.1, -0.05) is 35.0 Å². The zero-order valence-corrected chi connectivity index (χ0v) is 11.2. The molecule has 0 saturated heterocycles. The van der Waals surface area contributed by atoms with Crippen molar-refractivity contribution in [2.24, 2.45) is 0 Å². The van der Waals surface area contributed by atoms with Crippen molar-refractivity contribution in [3.05, 3.63) is 64.9 Å². The maximum absolute atomic E-state index is 9.44. The topological polar surface area (TPSA) is 59.2 Å². The van der Waals surface area contributed by atoms with E-state index in [4.69, 9.17) is 16.1 Å². The molecule has 1 N–H and O–H groups in total. The lowest BCUT2D eigenvalue weighted by atomic mass is 10.1. The quantitative estimate of drug-likeness (QED) is 0.798. The van der Waals surface area contributed by atoms with Crippen LogP contribution in [0.3, 0.4) is 0 Å². The van der Waals surface area contributed by atoms with Crippen LogP contribution in [0.25, 0.3) is 11.5 Å². The van der Waals surface area contributed by atoms with Crippen LogP contribution in [0, 0.1) is 0 Å². The summed E-state index contributed by atoms with van der Waals surface area (Å²) in [5, 5.41) is 14.1. The Balaban J connectivity index is 1.82. The Hall–Kier alpha value is -2.33. The lowest BCUT2D eigenvalue weighted by Crippen LogP contribution is -1.90. The van der Waals surface area contributed by atoms with Gasteiger partial charge >= 0.3 is 0 Å². The Morgan fingerprint density at radius 3 is 2.65 bits per heavy atom. The molecule has 0 fully saturated rings. The van der Waals surface area contributed by atoms with Crippen LogP contribution in [0.15, 0.2) is 53.1 Å². The van der Waals surface area contributed by atoms with Crippen molar-refractivity contribution < 1.29 is 9.63 Å². The second kappa shape index (κ2) is 5.35. The molecule has 0 aliphatic heterocycles. The number of rotatable bonds is 3. The van der Waals surface area contributed by atoms with Crippen molar-refractivity contribution in [3.8, 4) is 17.2 Å². The summed E-state index contributed by atoms with van der Waals surface area (Å²) in [6, 6.07) is 14.2. The van der Waals surface area contributed by atoms with E-state index in [1.165, 1.54) is 0 Å². The van der Waals surface area contributed by atoms with Crippen LogP contribution in [-0.2, 0) is 6.42 Å². The van der Waals surface area contributed by atoms with Crippen LogP contribution < -0.4 is 0 Å². The van der Waals surface area contributed by atoms with E-state index < -0.39 is 0 Å². The minimum absolute atomic E-state index is 0.167. The Labute approximate surface area is 120 Å². The summed E-state index contributed by atoms with van der Waals surface area (Å²) in [7, 11) is 0. The van der Waals surface area contributed by atoms with E-state index in [1.54, 1.807) is 24.3 Å². The molecule has 0 aliphatic rings.